The lowest BCUT2D eigenvalue weighted by Gasteiger charge is -2.22. The Hall–Kier alpha value is -1.90. The molecule has 0 radical (unpaired) electrons. The summed E-state index contributed by atoms with van der Waals surface area (Å²) < 4.78 is 1.99. The van der Waals surface area contributed by atoms with Gasteiger partial charge >= 0.3 is 0 Å². The van der Waals surface area contributed by atoms with Gasteiger partial charge in [0.2, 0.25) is 0 Å². The molecule has 5 heteroatoms. The van der Waals surface area contributed by atoms with Crippen molar-refractivity contribution in [1.82, 2.24) is 14.5 Å². The highest BCUT2D eigenvalue weighted by atomic mass is 16.3. The summed E-state index contributed by atoms with van der Waals surface area (Å²) in [7, 11) is 0. The van der Waals surface area contributed by atoms with Crippen LogP contribution in [0.1, 0.15) is 24.5 Å². The fourth-order valence-corrected chi connectivity index (χ4v) is 2.69. The van der Waals surface area contributed by atoms with Crippen molar-refractivity contribution in [2.45, 2.75) is 39.8 Å². The van der Waals surface area contributed by atoms with Crippen molar-refractivity contribution in [3.8, 4) is 6.07 Å². The van der Waals surface area contributed by atoms with Crippen molar-refractivity contribution in [1.29, 1.82) is 5.26 Å². The fourth-order valence-electron chi connectivity index (χ4n) is 2.69. The molecule has 0 fully saturated rings. The standard InChI is InChI=1S/C17H24N4O/c1-4-6-20(7-5-18)10-15(22)11-21-12-19-16-8-13(2)14(3)9-17(16)21/h8-9,12,15,22H,4,6-7,10-11H2,1-3H3. The average Bonchev–Trinajstić information content (AvgIpc) is 2.82. The van der Waals surface area contributed by atoms with Gasteiger partial charge in [-0.15, -0.1) is 0 Å². The molecule has 0 aliphatic heterocycles. The molecule has 0 saturated heterocycles. The summed E-state index contributed by atoms with van der Waals surface area (Å²) in [5.74, 6) is 0. The van der Waals surface area contributed by atoms with Gasteiger partial charge in [-0.2, -0.15) is 5.26 Å². The third kappa shape index (κ3) is 3.85. The maximum atomic E-state index is 10.3. The van der Waals surface area contributed by atoms with Gasteiger partial charge in [-0.05, 0) is 50.1 Å². The number of benzene rings is 1. The van der Waals surface area contributed by atoms with Crippen LogP contribution < -0.4 is 0 Å². The molecule has 1 aromatic carbocycles. The van der Waals surface area contributed by atoms with E-state index in [4.69, 9.17) is 5.26 Å². The second-order valence-corrected chi connectivity index (χ2v) is 5.87. The average molecular weight is 300 g/mol. The van der Waals surface area contributed by atoms with E-state index in [0.717, 1.165) is 24.0 Å². The second kappa shape index (κ2) is 7.39. The molecule has 1 unspecified atom stereocenters. The molecule has 2 rings (SSSR count). The normalized spacial score (nSPS) is 12.7. The summed E-state index contributed by atoms with van der Waals surface area (Å²) in [4.78, 5) is 6.40. The van der Waals surface area contributed by atoms with Crippen molar-refractivity contribution in [3.05, 3.63) is 29.6 Å². The second-order valence-electron chi connectivity index (χ2n) is 5.87. The van der Waals surface area contributed by atoms with Crippen LogP contribution in [0, 0.1) is 25.2 Å². The van der Waals surface area contributed by atoms with E-state index in [-0.39, 0.29) is 0 Å². The smallest absolute Gasteiger partial charge is 0.0959 e. The lowest BCUT2D eigenvalue weighted by atomic mass is 10.1. The fraction of sp³-hybridized carbons (Fsp3) is 0.529. The van der Waals surface area contributed by atoms with E-state index in [1.54, 1.807) is 6.33 Å². The maximum Gasteiger partial charge on any atom is 0.0959 e. The van der Waals surface area contributed by atoms with Crippen LogP contribution in [0.25, 0.3) is 11.0 Å². The SMILES string of the molecule is CCCN(CC#N)CC(O)Cn1cnc2cc(C)c(C)cc21. The van der Waals surface area contributed by atoms with Crippen molar-refractivity contribution < 1.29 is 5.11 Å². The molecule has 1 atom stereocenters. The van der Waals surface area contributed by atoms with Crippen LogP contribution in [0.5, 0.6) is 0 Å². The molecule has 0 spiro atoms. The number of aliphatic hydroxyl groups excluding tert-OH is 1. The molecule has 0 aliphatic rings. The van der Waals surface area contributed by atoms with Crippen LogP contribution in [0.3, 0.4) is 0 Å². The predicted molar refractivity (Wildman–Crippen MR) is 87.6 cm³/mol. The topological polar surface area (TPSA) is 65.1 Å². The number of imidazole rings is 1. The molecule has 22 heavy (non-hydrogen) atoms. The molecule has 5 nitrogen and oxygen atoms in total. The summed E-state index contributed by atoms with van der Waals surface area (Å²) in [6.45, 7) is 8.41. The Labute approximate surface area is 131 Å². The third-order valence-electron chi connectivity index (χ3n) is 3.95. The number of aromatic nitrogens is 2. The molecule has 0 saturated carbocycles. The molecule has 0 bridgehead atoms. The number of nitrogens with zero attached hydrogens (tertiary/aromatic N) is 4. The zero-order chi connectivity index (χ0) is 16.1. The largest absolute Gasteiger partial charge is 0.390 e. The first-order valence-corrected chi connectivity index (χ1v) is 7.74. The van der Waals surface area contributed by atoms with Crippen molar-refractivity contribution in [2.75, 3.05) is 19.6 Å². The van der Waals surface area contributed by atoms with Crippen molar-refractivity contribution in [2.24, 2.45) is 0 Å². The van der Waals surface area contributed by atoms with Gasteiger partial charge in [-0.1, -0.05) is 6.92 Å². The van der Waals surface area contributed by atoms with Gasteiger partial charge in [-0.25, -0.2) is 4.98 Å². The first kappa shape index (κ1) is 16.5. The third-order valence-corrected chi connectivity index (χ3v) is 3.95. The number of hydrogen-bond acceptors (Lipinski definition) is 4. The maximum absolute atomic E-state index is 10.3. The molecule has 1 aromatic heterocycles. The number of rotatable bonds is 7. The highest BCUT2D eigenvalue weighted by Gasteiger charge is 2.13. The predicted octanol–water partition coefficient (Wildman–Crippen LogP) is 2.25. The minimum atomic E-state index is -0.515. The molecule has 0 aliphatic carbocycles. The summed E-state index contributed by atoms with van der Waals surface area (Å²) in [5, 5.41) is 19.2. The van der Waals surface area contributed by atoms with Crippen molar-refractivity contribution >= 4 is 11.0 Å². The van der Waals surface area contributed by atoms with Gasteiger partial charge in [0.05, 0.1) is 42.6 Å². The molecule has 0 amide bonds. The Morgan fingerprint density at radius 3 is 2.77 bits per heavy atom. The Morgan fingerprint density at radius 1 is 1.36 bits per heavy atom. The minimum Gasteiger partial charge on any atom is -0.390 e. The van der Waals surface area contributed by atoms with Gasteiger partial charge in [0.15, 0.2) is 0 Å². The first-order valence-electron chi connectivity index (χ1n) is 7.74. The molecular weight excluding hydrogens is 276 g/mol. The first-order chi connectivity index (χ1) is 10.5. The van der Waals surface area contributed by atoms with Gasteiger partial charge in [0.1, 0.15) is 0 Å². The van der Waals surface area contributed by atoms with Crippen LogP contribution in [0.4, 0.5) is 0 Å². The molecule has 1 heterocycles. The zero-order valence-corrected chi connectivity index (χ0v) is 13.6. The van der Waals surface area contributed by atoms with Crippen LogP contribution in [0.2, 0.25) is 0 Å². The van der Waals surface area contributed by atoms with Gasteiger partial charge in [0.25, 0.3) is 0 Å². The Kier molecular flexibility index (Phi) is 5.53. The number of fused-ring (bicyclic) bond motifs is 1. The Bertz CT molecular complexity index is 671. The number of aryl methyl sites for hydroxylation is 2. The van der Waals surface area contributed by atoms with Crippen LogP contribution in [-0.4, -0.2) is 45.3 Å². The minimum absolute atomic E-state index is 0.355. The summed E-state index contributed by atoms with van der Waals surface area (Å²) in [6, 6.07) is 6.35. The number of hydrogen-bond donors (Lipinski definition) is 1. The molecule has 1 N–H and O–H groups in total. The van der Waals surface area contributed by atoms with Crippen molar-refractivity contribution in [3.63, 3.8) is 0 Å². The highest BCUT2D eigenvalue weighted by molar-refractivity contribution is 5.77. The lowest BCUT2D eigenvalue weighted by molar-refractivity contribution is 0.105. The number of nitriles is 1. The molecular formula is C17H24N4O. The van der Waals surface area contributed by atoms with Crippen LogP contribution in [0.15, 0.2) is 18.5 Å². The number of aliphatic hydroxyl groups is 1. The summed E-state index contributed by atoms with van der Waals surface area (Å²) >= 11 is 0. The van der Waals surface area contributed by atoms with E-state index in [9.17, 15) is 5.11 Å². The summed E-state index contributed by atoms with van der Waals surface area (Å²) in [5.41, 5.74) is 4.45. The van der Waals surface area contributed by atoms with E-state index in [0.29, 0.717) is 19.6 Å². The lowest BCUT2D eigenvalue weighted by Crippen LogP contribution is -2.35. The van der Waals surface area contributed by atoms with Crippen LogP contribution >= 0.6 is 0 Å². The highest BCUT2D eigenvalue weighted by Crippen LogP contribution is 2.18. The van der Waals surface area contributed by atoms with E-state index >= 15 is 0 Å². The van der Waals surface area contributed by atoms with Gasteiger partial charge < -0.3 is 9.67 Å². The van der Waals surface area contributed by atoms with Gasteiger partial charge in [0, 0.05) is 6.54 Å². The monoisotopic (exact) mass is 300 g/mol. The molecule has 2 aromatic rings. The Morgan fingerprint density at radius 2 is 2.09 bits per heavy atom. The quantitative estimate of drug-likeness (QED) is 0.797. The van der Waals surface area contributed by atoms with E-state index in [1.807, 2.05) is 9.47 Å². The Balaban J connectivity index is 2.10. The van der Waals surface area contributed by atoms with E-state index < -0.39 is 6.10 Å². The van der Waals surface area contributed by atoms with E-state index in [2.05, 4.69) is 44.0 Å². The zero-order valence-electron chi connectivity index (χ0n) is 13.6. The van der Waals surface area contributed by atoms with Crippen LogP contribution in [-0.2, 0) is 6.54 Å². The summed E-state index contributed by atoms with van der Waals surface area (Å²) in [6.07, 6.45) is 2.24. The van der Waals surface area contributed by atoms with E-state index in [1.165, 1.54) is 11.1 Å². The molecule has 118 valence electrons. The van der Waals surface area contributed by atoms with Gasteiger partial charge in [-0.3, -0.25) is 4.90 Å².